The average Bonchev–Trinajstić information content (AvgIpc) is 2.89. The first-order valence-electron chi connectivity index (χ1n) is 12.8. The molecule has 38 heavy (non-hydrogen) atoms. The van der Waals surface area contributed by atoms with Crippen LogP contribution in [0.15, 0.2) is 54.6 Å². The number of halogens is 1. The maximum absolute atomic E-state index is 13.5. The number of aromatic nitrogens is 1. The number of hydrogen-bond donors (Lipinski definition) is 3. The molecule has 2 aromatic carbocycles. The van der Waals surface area contributed by atoms with Crippen molar-refractivity contribution < 1.29 is 28.9 Å². The van der Waals surface area contributed by atoms with Gasteiger partial charge in [-0.15, -0.1) is 0 Å². The van der Waals surface area contributed by atoms with Crippen molar-refractivity contribution in [3.63, 3.8) is 0 Å². The molecule has 2 heterocycles. The van der Waals surface area contributed by atoms with E-state index in [1.165, 1.54) is 19.2 Å². The van der Waals surface area contributed by atoms with Gasteiger partial charge in [0.25, 0.3) is 0 Å². The minimum Gasteiger partial charge on any atom is -0.493 e. The van der Waals surface area contributed by atoms with Crippen molar-refractivity contribution in [2.24, 2.45) is 0 Å². The molecule has 1 saturated heterocycles. The zero-order chi connectivity index (χ0) is 27.5. The molecule has 7 nitrogen and oxygen atoms in total. The summed E-state index contributed by atoms with van der Waals surface area (Å²) < 4.78 is 24.4. The van der Waals surface area contributed by atoms with E-state index in [0.717, 1.165) is 24.1 Å². The topological polar surface area (TPSA) is 101 Å². The molecule has 3 aromatic rings. The predicted octanol–water partition coefficient (Wildman–Crippen LogP) is 4.74. The Morgan fingerprint density at radius 3 is 2.50 bits per heavy atom. The Labute approximate surface area is 222 Å². The molecule has 0 radical (unpaired) electrons. The maximum Gasteiger partial charge on any atom is 0.163 e. The van der Waals surface area contributed by atoms with Crippen LogP contribution in [-0.4, -0.2) is 47.3 Å². The van der Waals surface area contributed by atoms with Crippen LogP contribution in [0.25, 0.3) is 11.3 Å². The summed E-state index contributed by atoms with van der Waals surface area (Å²) in [5.41, 5.74) is 1.62. The summed E-state index contributed by atoms with van der Waals surface area (Å²) in [4.78, 5) is 17.8. The minimum atomic E-state index is -1.38. The van der Waals surface area contributed by atoms with Gasteiger partial charge in [0.05, 0.1) is 24.6 Å². The summed E-state index contributed by atoms with van der Waals surface area (Å²) in [6, 6.07) is 14.9. The Balaban J connectivity index is 1.56. The van der Waals surface area contributed by atoms with Gasteiger partial charge in [-0.2, -0.15) is 0 Å². The van der Waals surface area contributed by atoms with Crippen LogP contribution < -0.4 is 14.8 Å². The minimum absolute atomic E-state index is 0.0807. The van der Waals surface area contributed by atoms with Crippen molar-refractivity contribution in [2.45, 2.75) is 57.3 Å². The van der Waals surface area contributed by atoms with Crippen LogP contribution in [0, 0.1) is 5.82 Å². The fraction of sp³-hybridized carbons (Fsp3) is 0.400. The first-order valence-corrected chi connectivity index (χ1v) is 12.8. The van der Waals surface area contributed by atoms with E-state index in [0.29, 0.717) is 28.5 Å². The van der Waals surface area contributed by atoms with Crippen molar-refractivity contribution >= 4 is 5.78 Å². The lowest BCUT2D eigenvalue weighted by atomic mass is 9.81. The first-order chi connectivity index (χ1) is 18.0. The Bertz CT molecular complexity index is 1290. The highest BCUT2D eigenvalue weighted by Gasteiger charge is 2.36. The Morgan fingerprint density at radius 2 is 1.89 bits per heavy atom. The van der Waals surface area contributed by atoms with Crippen LogP contribution in [-0.2, 0) is 11.1 Å². The zero-order valence-electron chi connectivity index (χ0n) is 22.3. The number of carbonyl (C=O) groups excluding carboxylic acids is 1. The second-order valence-electron chi connectivity index (χ2n) is 10.4. The molecule has 1 aliphatic rings. The molecule has 1 unspecified atom stereocenters. The van der Waals surface area contributed by atoms with Crippen molar-refractivity contribution in [1.29, 1.82) is 0 Å². The van der Waals surface area contributed by atoms with E-state index < -0.39 is 11.7 Å². The number of aliphatic hydroxyl groups is 2. The van der Waals surface area contributed by atoms with Crippen LogP contribution in [0.2, 0.25) is 0 Å². The molecule has 1 fully saturated rings. The Kier molecular flexibility index (Phi) is 8.16. The number of nitrogens with zero attached hydrogens (tertiary/aromatic N) is 1. The van der Waals surface area contributed by atoms with Gasteiger partial charge in [0.15, 0.2) is 17.3 Å². The number of carbonyl (C=O) groups is 1. The number of hydrogen-bond acceptors (Lipinski definition) is 7. The molecule has 0 bridgehead atoms. The van der Waals surface area contributed by atoms with E-state index in [4.69, 9.17) is 14.5 Å². The van der Waals surface area contributed by atoms with E-state index in [1.807, 2.05) is 12.1 Å². The van der Waals surface area contributed by atoms with Crippen LogP contribution in [0.5, 0.6) is 11.5 Å². The summed E-state index contributed by atoms with van der Waals surface area (Å²) in [5, 5.41) is 24.4. The molecule has 3 N–H and O–H groups in total. The number of nitrogens with one attached hydrogen (secondary N) is 1. The standard InChI is InChI=1S/C30H35FN2O5/c1-19(34)18-38-26-10-7-21(15-27(26)37-4)25(35)11-12-30(3,36)28-17-22(29(2)13-14-32-29)16-24(33-28)20-5-8-23(31)9-6-20/h5-10,15-17,19,32,34,36H,11-14,18H2,1-4H3/t19-,29-,30?/m1/s1. The molecule has 0 amide bonds. The second-order valence-corrected chi connectivity index (χ2v) is 10.4. The van der Waals surface area contributed by atoms with E-state index >= 15 is 0 Å². The number of pyridine rings is 1. The largest absolute Gasteiger partial charge is 0.493 e. The average molecular weight is 523 g/mol. The van der Waals surface area contributed by atoms with Gasteiger partial charge in [-0.1, -0.05) is 0 Å². The van der Waals surface area contributed by atoms with E-state index in [1.54, 1.807) is 44.2 Å². The lowest BCUT2D eigenvalue weighted by Crippen LogP contribution is -2.51. The highest BCUT2D eigenvalue weighted by molar-refractivity contribution is 5.96. The first kappa shape index (κ1) is 27.7. The van der Waals surface area contributed by atoms with Gasteiger partial charge in [-0.3, -0.25) is 4.79 Å². The summed E-state index contributed by atoms with van der Waals surface area (Å²) in [7, 11) is 1.48. The normalized spacial score (nSPS) is 19.2. The molecule has 0 aliphatic carbocycles. The van der Waals surface area contributed by atoms with Gasteiger partial charge < -0.3 is 25.0 Å². The van der Waals surface area contributed by atoms with Crippen molar-refractivity contribution in [3.05, 3.63) is 77.2 Å². The number of Topliss-reactive ketones (excluding diaryl/α,β-unsaturated/α-hetero) is 1. The van der Waals surface area contributed by atoms with E-state index in [2.05, 4.69) is 12.2 Å². The summed E-state index contributed by atoms with van der Waals surface area (Å²) in [5.74, 6) is 0.336. The Hall–Kier alpha value is -3.33. The third-order valence-corrected chi connectivity index (χ3v) is 7.10. The molecule has 202 valence electrons. The smallest absolute Gasteiger partial charge is 0.163 e. The molecular weight excluding hydrogens is 487 g/mol. The van der Waals surface area contributed by atoms with Crippen molar-refractivity contribution in [1.82, 2.24) is 10.3 Å². The van der Waals surface area contributed by atoms with Crippen LogP contribution in [0.4, 0.5) is 4.39 Å². The number of ether oxygens (including phenoxy) is 2. The molecule has 1 aliphatic heterocycles. The third kappa shape index (κ3) is 6.20. The lowest BCUT2D eigenvalue weighted by molar-refractivity contribution is 0.0395. The molecule has 4 rings (SSSR count). The number of benzene rings is 2. The van der Waals surface area contributed by atoms with Gasteiger partial charge in [0.1, 0.15) is 18.0 Å². The van der Waals surface area contributed by atoms with Crippen LogP contribution in [0.3, 0.4) is 0 Å². The second kappa shape index (κ2) is 11.2. The zero-order valence-corrected chi connectivity index (χ0v) is 22.3. The fourth-order valence-electron chi connectivity index (χ4n) is 4.44. The third-order valence-electron chi connectivity index (χ3n) is 7.10. The maximum atomic E-state index is 13.5. The quantitative estimate of drug-likeness (QED) is 0.313. The summed E-state index contributed by atoms with van der Waals surface area (Å²) >= 11 is 0. The number of ketones is 1. The summed E-state index contributed by atoms with van der Waals surface area (Å²) in [6.07, 6.45) is 0.537. The predicted molar refractivity (Wildman–Crippen MR) is 143 cm³/mol. The SMILES string of the molecule is COc1cc(C(=O)CCC(C)(O)c2cc([C@@]3(C)CCN3)cc(-c3ccc(F)cc3)n2)ccc1OC[C@@H](C)O. The van der Waals surface area contributed by atoms with E-state index in [-0.39, 0.29) is 36.6 Å². The molecule has 1 aromatic heterocycles. The van der Waals surface area contributed by atoms with E-state index in [9.17, 15) is 19.4 Å². The van der Waals surface area contributed by atoms with Gasteiger partial charge in [0, 0.05) is 23.1 Å². The molecule has 8 heteroatoms. The Morgan fingerprint density at radius 1 is 1.18 bits per heavy atom. The number of rotatable bonds is 11. The van der Waals surface area contributed by atoms with Gasteiger partial charge >= 0.3 is 0 Å². The lowest BCUT2D eigenvalue weighted by Gasteiger charge is -2.41. The van der Waals surface area contributed by atoms with Gasteiger partial charge in [-0.25, -0.2) is 9.37 Å². The molecule has 0 spiro atoms. The van der Waals surface area contributed by atoms with Crippen LogP contribution in [0.1, 0.15) is 61.6 Å². The summed E-state index contributed by atoms with van der Waals surface area (Å²) in [6.45, 7) is 6.38. The van der Waals surface area contributed by atoms with Gasteiger partial charge in [0.2, 0.25) is 0 Å². The highest BCUT2D eigenvalue weighted by atomic mass is 19.1. The number of aliphatic hydroxyl groups excluding tert-OH is 1. The van der Waals surface area contributed by atoms with Crippen molar-refractivity contribution in [3.8, 4) is 22.8 Å². The van der Waals surface area contributed by atoms with Gasteiger partial charge in [-0.05, 0) is 100 Å². The highest BCUT2D eigenvalue weighted by Crippen LogP contribution is 2.36. The monoisotopic (exact) mass is 522 g/mol. The number of methoxy groups -OCH3 is 1. The fourth-order valence-corrected chi connectivity index (χ4v) is 4.44. The molecular formula is C30H35FN2O5. The molecule has 0 saturated carbocycles. The van der Waals surface area contributed by atoms with Crippen molar-refractivity contribution in [2.75, 3.05) is 20.3 Å². The van der Waals surface area contributed by atoms with Crippen LogP contribution >= 0.6 is 0 Å². The molecule has 3 atom stereocenters.